The number of rotatable bonds is 6. The molecule has 0 amide bonds. The molecule has 0 aromatic heterocycles. The van der Waals surface area contributed by atoms with Gasteiger partial charge in [-0.1, -0.05) is 19.8 Å². The lowest BCUT2D eigenvalue weighted by molar-refractivity contribution is 0.275. The smallest absolute Gasteiger partial charge is 0.190 e. The molecule has 0 spiro atoms. The van der Waals surface area contributed by atoms with Crippen LogP contribution in [0.4, 0.5) is 8.78 Å². The molecular formula is C12H16F2OS. The van der Waals surface area contributed by atoms with E-state index in [-0.39, 0.29) is 5.75 Å². The Bertz CT molecular complexity index is 319. The summed E-state index contributed by atoms with van der Waals surface area (Å²) >= 11 is 1.30. The van der Waals surface area contributed by atoms with E-state index in [1.54, 1.807) is 6.26 Å². The Kier molecular flexibility index (Phi) is 5.60. The summed E-state index contributed by atoms with van der Waals surface area (Å²) in [6.45, 7) is 2.43. The van der Waals surface area contributed by atoms with Crippen LogP contribution in [0, 0.1) is 11.6 Å². The number of unbranched alkanes of at least 4 members (excludes halogenated alkanes) is 2. The molecule has 1 rings (SSSR count). The minimum Gasteiger partial charge on any atom is -0.488 e. The summed E-state index contributed by atoms with van der Waals surface area (Å²) in [5.74, 6) is -1.50. The van der Waals surface area contributed by atoms with Crippen LogP contribution in [0.25, 0.3) is 0 Å². The molecule has 0 radical (unpaired) electrons. The van der Waals surface area contributed by atoms with Gasteiger partial charge in [0.05, 0.1) is 6.61 Å². The highest BCUT2D eigenvalue weighted by Gasteiger charge is 2.12. The van der Waals surface area contributed by atoms with Crippen LogP contribution in [0.2, 0.25) is 0 Å². The first-order valence-electron chi connectivity index (χ1n) is 5.34. The average Bonchev–Trinajstić information content (AvgIpc) is 2.26. The van der Waals surface area contributed by atoms with E-state index in [0.717, 1.165) is 19.3 Å². The van der Waals surface area contributed by atoms with Crippen molar-refractivity contribution in [2.45, 2.75) is 31.1 Å². The Morgan fingerprint density at radius 3 is 2.31 bits per heavy atom. The molecule has 0 atom stereocenters. The van der Waals surface area contributed by atoms with E-state index in [4.69, 9.17) is 4.74 Å². The van der Waals surface area contributed by atoms with Gasteiger partial charge in [0.15, 0.2) is 17.4 Å². The van der Waals surface area contributed by atoms with Gasteiger partial charge in [0.25, 0.3) is 0 Å². The van der Waals surface area contributed by atoms with Crippen molar-refractivity contribution in [3.8, 4) is 5.75 Å². The number of ether oxygens (including phenoxy) is 1. The van der Waals surface area contributed by atoms with E-state index in [1.165, 1.54) is 23.9 Å². The molecule has 90 valence electrons. The maximum Gasteiger partial charge on any atom is 0.190 e. The third kappa shape index (κ3) is 3.67. The molecule has 0 bridgehead atoms. The van der Waals surface area contributed by atoms with Gasteiger partial charge >= 0.3 is 0 Å². The average molecular weight is 246 g/mol. The second-order valence-electron chi connectivity index (χ2n) is 3.48. The van der Waals surface area contributed by atoms with Crippen LogP contribution >= 0.6 is 11.8 Å². The first-order chi connectivity index (χ1) is 7.69. The molecule has 1 aromatic carbocycles. The molecule has 1 nitrogen and oxygen atoms in total. The largest absolute Gasteiger partial charge is 0.488 e. The highest BCUT2D eigenvalue weighted by Crippen LogP contribution is 2.27. The van der Waals surface area contributed by atoms with E-state index in [2.05, 4.69) is 6.92 Å². The van der Waals surface area contributed by atoms with Gasteiger partial charge in [-0.05, 0) is 24.8 Å². The van der Waals surface area contributed by atoms with Crippen LogP contribution in [-0.4, -0.2) is 12.9 Å². The SMILES string of the molecule is CCCCCOc1c(F)cc(SC)cc1F. The van der Waals surface area contributed by atoms with Gasteiger partial charge in [0, 0.05) is 4.90 Å². The van der Waals surface area contributed by atoms with E-state index >= 15 is 0 Å². The molecular weight excluding hydrogens is 230 g/mol. The van der Waals surface area contributed by atoms with Crippen molar-refractivity contribution in [2.24, 2.45) is 0 Å². The summed E-state index contributed by atoms with van der Waals surface area (Å²) in [5.41, 5.74) is 0. The Morgan fingerprint density at radius 2 is 1.81 bits per heavy atom. The molecule has 4 heteroatoms. The minimum atomic E-state index is -0.624. The summed E-state index contributed by atoms with van der Waals surface area (Å²) in [6, 6.07) is 2.59. The van der Waals surface area contributed by atoms with E-state index in [1.807, 2.05) is 0 Å². The number of hydrogen-bond donors (Lipinski definition) is 0. The third-order valence-electron chi connectivity index (χ3n) is 2.20. The van der Waals surface area contributed by atoms with E-state index in [0.29, 0.717) is 11.5 Å². The third-order valence-corrected chi connectivity index (χ3v) is 2.91. The lowest BCUT2D eigenvalue weighted by Gasteiger charge is -2.09. The molecule has 0 aliphatic carbocycles. The Labute approximate surface area is 99.2 Å². The molecule has 0 heterocycles. The fourth-order valence-electron chi connectivity index (χ4n) is 1.32. The molecule has 0 aliphatic rings. The molecule has 0 saturated carbocycles. The summed E-state index contributed by atoms with van der Waals surface area (Å²) < 4.78 is 32.0. The van der Waals surface area contributed by atoms with E-state index in [9.17, 15) is 8.78 Å². The van der Waals surface area contributed by atoms with Crippen molar-refractivity contribution in [1.82, 2.24) is 0 Å². The monoisotopic (exact) mass is 246 g/mol. The first kappa shape index (κ1) is 13.3. The van der Waals surface area contributed by atoms with Gasteiger partial charge in [-0.25, -0.2) is 8.78 Å². The molecule has 1 aromatic rings. The van der Waals surface area contributed by atoms with Gasteiger partial charge < -0.3 is 4.74 Å². The van der Waals surface area contributed by atoms with E-state index < -0.39 is 11.6 Å². The predicted molar refractivity (Wildman–Crippen MR) is 63.2 cm³/mol. The number of thioether (sulfide) groups is 1. The molecule has 0 aliphatic heterocycles. The molecule has 0 unspecified atom stereocenters. The van der Waals surface area contributed by atoms with Crippen LogP contribution < -0.4 is 4.74 Å². The fourth-order valence-corrected chi connectivity index (χ4v) is 1.76. The van der Waals surface area contributed by atoms with Gasteiger partial charge in [-0.3, -0.25) is 0 Å². The van der Waals surface area contributed by atoms with Crippen LogP contribution in [-0.2, 0) is 0 Å². The second kappa shape index (κ2) is 6.74. The molecule has 0 saturated heterocycles. The molecule has 16 heavy (non-hydrogen) atoms. The second-order valence-corrected chi connectivity index (χ2v) is 4.36. The standard InChI is InChI=1S/C12H16F2OS/c1-3-4-5-6-15-12-10(13)7-9(16-2)8-11(12)14/h7-8H,3-6H2,1-2H3. The maximum absolute atomic E-state index is 13.4. The van der Waals surface area contributed by atoms with Gasteiger partial charge in [-0.2, -0.15) is 0 Å². The Balaban J connectivity index is 2.65. The minimum absolute atomic E-state index is 0.256. The van der Waals surface area contributed by atoms with Crippen LogP contribution in [0.3, 0.4) is 0 Å². The van der Waals surface area contributed by atoms with Crippen molar-refractivity contribution in [3.63, 3.8) is 0 Å². The van der Waals surface area contributed by atoms with Crippen molar-refractivity contribution >= 4 is 11.8 Å². The summed E-state index contributed by atoms with van der Waals surface area (Å²) in [6.07, 6.45) is 4.65. The molecule has 0 fully saturated rings. The summed E-state index contributed by atoms with van der Waals surface area (Å²) in [7, 11) is 0. The van der Waals surface area contributed by atoms with Crippen molar-refractivity contribution in [1.29, 1.82) is 0 Å². The van der Waals surface area contributed by atoms with Crippen LogP contribution in [0.5, 0.6) is 5.75 Å². The van der Waals surface area contributed by atoms with Crippen molar-refractivity contribution in [2.75, 3.05) is 12.9 Å². The Morgan fingerprint density at radius 1 is 1.19 bits per heavy atom. The van der Waals surface area contributed by atoms with Crippen molar-refractivity contribution in [3.05, 3.63) is 23.8 Å². The maximum atomic E-state index is 13.4. The summed E-state index contributed by atoms with van der Waals surface area (Å²) in [5, 5.41) is 0. The lowest BCUT2D eigenvalue weighted by Crippen LogP contribution is -2.01. The number of benzene rings is 1. The Hall–Kier alpha value is -0.770. The zero-order chi connectivity index (χ0) is 12.0. The zero-order valence-electron chi connectivity index (χ0n) is 9.56. The zero-order valence-corrected chi connectivity index (χ0v) is 10.4. The number of hydrogen-bond acceptors (Lipinski definition) is 2. The first-order valence-corrected chi connectivity index (χ1v) is 6.57. The normalized spacial score (nSPS) is 10.5. The van der Waals surface area contributed by atoms with Crippen LogP contribution in [0.15, 0.2) is 17.0 Å². The van der Waals surface area contributed by atoms with Gasteiger partial charge in [0.2, 0.25) is 0 Å². The predicted octanol–water partition coefficient (Wildman–Crippen LogP) is 4.26. The van der Waals surface area contributed by atoms with Crippen molar-refractivity contribution < 1.29 is 13.5 Å². The van der Waals surface area contributed by atoms with Gasteiger partial charge in [0.1, 0.15) is 0 Å². The summed E-state index contributed by atoms with van der Waals surface area (Å²) in [4.78, 5) is 0.566. The fraction of sp³-hybridized carbons (Fsp3) is 0.500. The highest BCUT2D eigenvalue weighted by atomic mass is 32.2. The number of halogens is 2. The lowest BCUT2D eigenvalue weighted by atomic mass is 10.2. The van der Waals surface area contributed by atoms with Gasteiger partial charge in [-0.15, -0.1) is 11.8 Å². The quantitative estimate of drug-likeness (QED) is 0.548. The van der Waals surface area contributed by atoms with Crippen LogP contribution in [0.1, 0.15) is 26.2 Å². The highest BCUT2D eigenvalue weighted by molar-refractivity contribution is 7.98. The topological polar surface area (TPSA) is 9.23 Å². The molecule has 0 N–H and O–H groups in total.